The third kappa shape index (κ3) is 6.09. The van der Waals surface area contributed by atoms with Gasteiger partial charge in [-0.05, 0) is 23.3 Å². The van der Waals surface area contributed by atoms with Crippen LogP contribution in [0.5, 0.6) is 11.5 Å². The Morgan fingerprint density at radius 2 is 1.29 bits per heavy atom. The minimum absolute atomic E-state index is 0.721. The van der Waals surface area contributed by atoms with Gasteiger partial charge >= 0.3 is 0 Å². The molecule has 0 saturated carbocycles. The zero-order chi connectivity index (χ0) is 21.3. The summed E-state index contributed by atoms with van der Waals surface area (Å²) in [6.45, 7) is 6.92. The van der Waals surface area contributed by atoms with Crippen molar-refractivity contribution in [3.8, 4) is 11.5 Å². The van der Waals surface area contributed by atoms with Gasteiger partial charge in [0.05, 0.1) is 7.11 Å². The Bertz CT molecular complexity index is 937. The van der Waals surface area contributed by atoms with Gasteiger partial charge in [0.25, 0.3) is 0 Å². The Morgan fingerprint density at radius 3 is 2.03 bits per heavy atom. The smallest absolute Gasteiger partial charge is 0.123 e. The number of nitrogens with zero attached hydrogens (tertiary/aromatic N) is 2. The second kappa shape index (κ2) is 11.0. The number of ether oxygens (including phenoxy) is 2. The summed E-state index contributed by atoms with van der Waals surface area (Å²) in [5.74, 6) is 1.98. The minimum Gasteiger partial charge on any atom is -0.496 e. The summed E-state index contributed by atoms with van der Waals surface area (Å²) in [6, 6.07) is 27.3. The van der Waals surface area contributed by atoms with E-state index in [0.717, 1.165) is 63.8 Å². The Morgan fingerprint density at radius 1 is 0.677 bits per heavy atom. The van der Waals surface area contributed by atoms with E-state index in [0.29, 0.717) is 0 Å². The van der Waals surface area contributed by atoms with Crippen molar-refractivity contribution in [1.29, 1.82) is 0 Å². The largest absolute Gasteiger partial charge is 0.496 e. The minimum atomic E-state index is 0.721. The van der Waals surface area contributed by atoms with Crippen molar-refractivity contribution in [1.82, 2.24) is 9.80 Å². The van der Waals surface area contributed by atoms with E-state index < -0.39 is 0 Å². The number of piperazine rings is 1. The second-order valence-corrected chi connectivity index (χ2v) is 8.05. The van der Waals surface area contributed by atoms with Crippen LogP contribution in [0.4, 0.5) is 0 Å². The number of rotatable bonds is 9. The first kappa shape index (κ1) is 21.4. The van der Waals surface area contributed by atoms with E-state index >= 15 is 0 Å². The maximum atomic E-state index is 6.19. The van der Waals surface area contributed by atoms with E-state index in [1.807, 2.05) is 12.1 Å². The molecule has 3 aromatic rings. The summed E-state index contributed by atoms with van der Waals surface area (Å²) in [6.07, 6.45) is 0.901. The van der Waals surface area contributed by atoms with Gasteiger partial charge in [-0.2, -0.15) is 0 Å². The molecule has 0 bridgehead atoms. The molecule has 1 aliphatic rings. The highest BCUT2D eigenvalue weighted by molar-refractivity contribution is 5.37. The van der Waals surface area contributed by atoms with Gasteiger partial charge in [0.2, 0.25) is 0 Å². The molecule has 0 N–H and O–H groups in total. The molecule has 3 aromatic carbocycles. The lowest BCUT2D eigenvalue weighted by Gasteiger charge is -2.34. The van der Waals surface area contributed by atoms with E-state index in [2.05, 4.69) is 76.5 Å². The van der Waals surface area contributed by atoms with Gasteiger partial charge in [0.1, 0.15) is 18.1 Å². The predicted octanol–water partition coefficient (Wildman–Crippen LogP) is 4.48. The molecule has 4 heteroatoms. The normalized spacial score (nSPS) is 15.0. The van der Waals surface area contributed by atoms with Crippen molar-refractivity contribution < 1.29 is 9.47 Å². The third-order valence-electron chi connectivity index (χ3n) is 5.93. The fourth-order valence-electron chi connectivity index (χ4n) is 4.14. The highest BCUT2D eigenvalue weighted by Gasteiger charge is 2.18. The van der Waals surface area contributed by atoms with Crippen LogP contribution in [-0.2, 0) is 13.0 Å². The summed E-state index contributed by atoms with van der Waals surface area (Å²) in [7, 11) is 1.74. The predicted molar refractivity (Wildman–Crippen MR) is 126 cm³/mol. The van der Waals surface area contributed by atoms with Gasteiger partial charge in [0.15, 0.2) is 0 Å². The van der Waals surface area contributed by atoms with Crippen LogP contribution in [0.25, 0.3) is 0 Å². The Labute approximate surface area is 186 Å². The van der Waals surface area contributed by atoms with E-state index in [9.17, 15) is 0 Å². The zero-order valence-corrected chi connectivity index (χ0v) is 18.4. The van der Waals surface area contributed by atoms with E-state index in [1.165, 1.54) is 16.7 Å². The first-order valence-electron chi connectivity index (χ1n) is 11.1. The molecule has 4 rings (SSSR count). The zero-order valence-electron chi connectivity index (χ0n) is 18.4. The molecule has 4 nitrogen and oxygen atoms in total. The van der Waals surface area contributed by atoms with Gasteiger partial charge in [-0.1, -0.05) is 66.7 Å². The summed E-state index contributed by atoms with van der Waals surface area (Å²) < 4.78 is 11.7. The van der Waals surface area contributed by atoms with Crippen molar-refractivity contribution in [2.24, 2.45) is 0 Å². The lowest BCUT2D eigenvalue weighted by Crippen LogP contribution is -2.47. The molecule has 1 fully saturated rings. The Kier molecular flexibility index (Phi) is 7.59. The average Bonchev–Trinajstić information content (AvgIpc) is 2.82. The highest BCUT2D eigenvalue weighted by Crippen LogP contribution is 2.22. The van der Waals surface area contributed by atoms with E-state index in [-0.39, 0.29) is 0 Å². The molecule has 0 aromatic heterocycles. The molecule has 0 atom stereocenters. The second-order valence-electron chi connectivity index (χ2n) is 8.05. The van der Waals surface area contributed by atoms with E-state index in [4.69, 9.17) is 9.47 Å². The van der Waals surface area contributed by atoms with E-state index in [1.54, 1.807) is 7.11 Å². The number of hydrogen-bond acceptors (Lipinski definition) is 4. The summed E-state index contributed by atoms with van der Waals surface area (Å²) in [4.78, 5) is 5.00. The van der Waals surface area contributed by atoms with Crippen LogP contribution < -0.4 is 9.47 Å². The summed E-state index contributed by atoms with van der Waals surface area (Å²) in [5, 5.41) is 0. The average molecular weight is 417 g/mol. The molecular formula is C27H32N2O2. The van der Waals surface area contributed by atoms with Crippen LogP contribution in [0, 0.1) is 0 Å². The quantitative estimate of drug-likeness (QED) is 0.513. The number of methoxy groups -OCH3 is 1. The molecule has 162 valence electrons. The van der Waals surface area contributed by atoms with Crippen molar-refractivity contribution in [2.45, 2.75) is 13.0 Å². The topological polar surface area (TPSA) is 24.9 Å². The number of para-hydroxylation sites is 2. The monoisotopic (exact) mass is 416 g/mol. The Hall–Kier alpha value is -2.82. The van der Waals surface area contributed by atoms with Crippen molar-refractivity contribution in [3.05, 3.63) is 95.6 Å². The molecule has 31 heavy (non-hydrogen) atoms. The summed E-state index contributed by atoms with van der Waals surface area (Å²) in [5.41, 5.74) is 3.82. The van der Waals surface area contributed by atoms with Crippen molar-refractivity contribution in [2.75, 3.05) is 46.4 Å². The maximum Gasteiger partial charge on any atom is 0.123 e. The highest BCUT2D eigenvalue weighted by atomic mass is 16.5. The molecule has 1 heterocycles. The van der Waals surface area contributed by atoms with Crippen molar-refractivity contribution in [3.63, 3.8) is 0 Å². The first-order chi connectivity index (χ1) is 15.3. The molecule has 0 spiro atoms. The van der Waals surface area contributed by atoms with Crippen LogP contribution in [0.3, 0.4) is 0 Å². The van der Waals surface area contributed by atoms with Crippen LogP contribution in [0.1, 0.15) is 16.7 Å². The molecular weight excluding hydrogens is 384 g/mol. The molecule has 0 aliphatic carbocycles. The third-order valence-corrected chi connectivity index (χ3v) is 5.93. The van der Waals surface area contributed by atoms with Crippen molar-refractivity contribution >= 4 is 0 Å². The number of hydrogen-bond donors (Lipinski definition) is 0. The first-order valence-corrected chi connectivity index (χ1v) is 11.1. The molecule has 1 saturated heterocycles. The Balaban J connectivity index is 1.23. The maximum absolute atomic E-state index is 6.19. The van der Waals surface area contributed by atoms with Gasteiger partial charge in [-0.25, -0.2) is 0 Å². The SMILES string of the molecule is COc1ccccc1CN1CCN(CCOc2ccccc2Cc2ccccc2)CC1. The standard InChI is InChI=1S/C27H32N2O2/c1-30-26-13-7-6-12-25(26)22-29-17-15-28(16-18-29)19-20-31-27-14-8-5-11-24(27)21-23-9-3-2-4-10-23/h2-14H,15-22H2,1H3. The fourth-order valence-corrected chi connectivity index (χ4v) is 4.14. The lowest BCUT2D eigenvalue weighted by molar-refractivity contribution is 0.112. The number of benzene rings is 3. The summed E-state index contributed by atoms with van der Waals surface area (Å²) >= 11 is 0. The van der Waals surface area contributed by atoms with Gasteiger partial charge < -0.3 is 9.47 Å². The van der Waals surface area contributed by atoms with Crippen LogP contribution in [0.15, 0.2) is 78.9 Å². The molecule has 0 unspecified atom stereocenters. The van der Waals surface area contributed by atoms with Crippen LogP contribution in [-0.4, -0.2) is 56.2 Å². The molecule has 0 radical (unpaired) electrons. The van der Waals surface area contributed by atoms with Crippen LogP contribution in [0.2, 0.25) is 0 Å². The molecule has 1 aliphatic heterocycles. The van der Waals surface area contributed by atoms with Gasteiger partial charge in [0, 0.05) is 51.3 Å². The van der Waals surface area contributed by atoms with Crippen LogP contribution >= 0.6 is 0 Å². The fraction of sp³-hybridized carbons (Fsp3) is 0.333. The van der Waals surface area contributed by atoms with Gasteiger partial charge in [-0.3, -0.25) is 9.80 Å². The van der Waals surface area contributed by atoms with Gasteiger partial charge in [-0.15, -0.1) is 0 Å². The lowest BCUT2D eigenvalue weighted by atomic mass is 10.0. The molecule has 0 amide bonds.